The second kappa shape index (κ2) is 6.27. The minimum Gasteiger partial charge on any atom is -0.310 e. The van der Waals surface area contributed by atoms with Crippen LogP contribution in [0.15, 0.2) is 12.3 Å². The highest BCUT2D eigenvalue weighted by Crippen LogP contribution is 2.28. The molecular formula is C16H28N4. The number of rotatable bonds is 7. The van der Waals surface area contributed by atoms with Crippen LogP contribution in [0, 0.1) is 0 Å². The van der Waals surface area contributed by atoms with E-state index in [4.69, 9.17) is 5.10 Å². The predicted molar refractivity (Wildman–Crippen MR) is 81.7 cm³/mol. The van der Waals surface area contributed by atoms with E-state index >= 15 is 0 Å². The molecule has 0 radical (unpaired) electrons. The zero-order valence-electron chi connectivity index (χ0n) is 12.9. The van der Waals surface area contributed by atoms with Gasteiger partial charge in [0.15, 0.2) is 0 Å². The van der Waals surface area contributed by atoms with Crippen LogP contribution in [-0.2, 0) is 6.54 Å². The molecular weight excluding hydrogens is 248 g/mol. The topological polar surface area (TPSA) is 33.1 Å². The van der Waals surface area contributed by atoms with Gasteiger partial charge in [-0.25, -0.2) is 0 Å². The van der Waals surface area contributed by atoms with Crippen LogP contribution in [0.25, 0.3) is 0 Å². The fourth-order valence-electron chi connectivity index (χ4n) is 3.24. The molecule has 0 aliphatic heterocycles. The SMILES string of the molecule is CC(CNCc1ccn(C2CCCC2)n1)N(C)C1CC1. The molecule has 2 aliphatic rings. The van der Waals surface area contributed by atoms with Crippen LogP contribution in [0.5, 0.6) is 0 Å². The van der Waals surface area contributed by atoms with Crippen LogP contribution in [-0.4, -0.2) is 40.4 Å². The minimum atomic E-state index is 0.611. The van der Waals surface area contributed by atoms with E-state index in [-0.39, 0.29) is 0 Å². The summed E-state index contributed by atoms with van der Waals surface area (Å²) in [5, 5.41) is 8.27. The Morgan fingerprint density at radius 2 is 2.10 bits per heavy atom. The Morgan fingerprint density at radius 1 is 1.35 bits per heavy atom. The number of nitrogens with one attached hydrogen (secondary N) is 1. The van der Waals surface area contributed by atoms with Gasteiger partial charge in [-0.05, 0) is 45.7 Å². The third kappa shape index (κ3) is 3.41. The summed E-state index contributed by atoms with van der Waals surface area (Å²) >= 11 is 0. The molecule has 0 amide bonds. The van der Waals surface area contributed by atoms with E-state index in [1.807, 2.05) is 0 Å². The van der Waals surface area contributed by atoms with Crippen molar-refractivity contribution in [2.75, 3.05) is 13.6 Å². The fourth-order valence-corrected chi connectivity index (χ4v) is 3.24. The summed E-state index contributed by atoms with van der Waals surface area (Å²) in [5.74, 6) is 0. The van der Waals surface area contributed by atoms with Crippen molar-refractivity contribution in [3.63, 3.8) is 0 Å². The highest BCUT2D eigenvalue weighted by atomic mass is 15.3. The van der Waals surface area contributed by atoms with Crippen LogP contribution in [0.2, 0.25) is 0 Å². The number of hydrogen-bond acceptors (Lipinski definition) is 3. The van der Waals surface area contributed by atoms with Crippen LogP contribution < -0.4 is 5.32 Å². The molecule has 112 valence electrons. The molecule has 0 spiro atoms. The van der Waals surface area contributed by atoms with Gasteiger partial charge in [0.25, 0.3) is 0 Å². The summed E-state index contributed by atoms with van der Waals surface area (Å²) in [6, 6.07) is 4.28. The van der Waals surface area contributed by atoms with Crippen molar-refractivity contribution in [1.29, 1.82) is 0 Å². The normalized spacial score (nSPS) is 21.8. The van der Waals surface area contributed by atoms with Gasteiger partial charge in [-0.15, -0.1) is 0 Å². The molecule has 0 bridgehead atoms. The first-order valence-corrected chi connectivity index (χ1v) is 8.20. The van der Waals surface area contributed by atoms with Crippen molar-refractivity contribution in [1.82, 2.24) is 20.0 Å². The van der Waals surface area contributed by atoms with Gasteiger partial charge in [0.2, 0.25) is 0 Å². The molecule has 2 fully saturated rings. The number of nitrogens with zero attached hydrogens (tertiary/aromatic N) is 3. The Hall–Kier alpha value is -0.870. The average molecular weight is 276 g/mol. The van der Waals surface area contributed by atoms with E-state index in [1.54, 1.807) is 0 Å². The second-order valence-electron chi connectivity index (χ2n) is 6.60. The lowest BCUT2D eigenvalue weighted by molar-refractivity contribution is 0.240. The summed E-state index contributed by atoms with van der Waals surface area (Å²) < 4.78 is 2.18. The van der Waals surface area contributed by atoms with E-state index in [0.717, 1.165) is 19.1 Å². The molecule has 1 heterocycles. The number of likely N-dealkylation sites (N-methyl/N-ethyl adjacent to an activating group) is 1. The van der Waals surface area contributed by atoms with Crippen molar-refractivity contribution < 1.29 is 0 Å². The van der Waals surface area contributed by atoms with Gasteiger partial charge in [0.1, 0.15) is 0 Å². The highest BCUT2D eigenvalue weighted by Gasteiger charge is 2.28. The van der Waals surface area contributed by atoms with Crippen LogP contribution in [0.1, 0.15) is 57.2 Å². The van der Waals surface area contributed by atoms with E-state index in [9.17, 15) is 0 Å². The molecule has 20 heavy (non-hydrogen) atoms. The summed E-state index contributed by atoms with van der Waals surface area (Å²) in [6.07, 6.45) is 10.3. The molecule has 1 unspecified atom stereocenters. The lowest BCUT2D eigenvalue weighted by Gasteiger charge is -2.24. The Morgan fingerprint density at radius 3 is 2.80 bits per heavy atom. The zero-order chi connectivity index (χ0) is 13.9. The molecule has 4 heteroatoms. The Labute approximate surface area is 122 Å². The second-order valence-corrected chi connectivity index (χ2v) is 6.60. The zero-order valence-corrected chi connectivity index (χ0v) is 12.9. The third-order valence-corrected chi connectivity index (χ3v) is 4.93. The molecule has 0 aromatic carbocycles. The van der Waals surface area contributed by atoms with Gasteiger partial charge >= 0.3 is 0 Å². The van der Waals surface area contributed by atoms with Gasteiger partial charge in [-0.2, -0.15) is 5.10 Å². The van der Waals surface area contributed by atoms with E-state index in [2.05, 4.69) is 41.1 Å². The quantitative estimate of drug-likeness (QED) is 0.831. The van der Waals surface area contributed by atoms with Crippen molar-refractivity contribution in [2.24, 2.45) is 0 Å². The Balaban J connectivity index is 1.41. The summed E-state index contributed by atoms with van der Waals surface area (Å²) in [7, 11) is 2.25. The molecule has 1 aromatic heterocycles. The first-order valence-electron chi connectivity index (χ1n) is 8.20. The molecule has 2 aliphatic carbocycles. The van der Waals surface area contributed by atoms with Crippen molar-refractivity contribution in [3.8, 4) is 0 Å². The van der Waals surface area contributed by atoms with Gasteiger partial charge in [0.05, 0.1) is 11.7 Å². The summed E-state index contributed by atoms with van der Waals surface area (Å²) in [5.41, 5.74) is 1.18. The van der Waals surface area contributed by atoms with E-state index < -0.39 is 0 Å². The molecule has 1 N–H and O–H groups in total. The maximum atomic E-state index is 4.72. The largest absolute Gasteiger partial charge is 0.310 e. The van der Waals surface area contributed by atoms with E-state index in [1.165, 1.54) is 44.2 Å². The lowest BCUT2D eigenvalue weighted by atomic mass is 10.3. The fraction of sp³-hybridized carbons (Fsp3) is 0.812. The minimum absolute atomic E-state index is 0.611. The number of aromatic nitrogens is 2. The molecule has 0 saturated heterocycles. The van der Waals surface area contributed by atoms with Crippen molar-refractivity contribution >= 4 is 0 Å². The maximum Gasteiger partial charge on any atom is 0.0762 e. The first kappa shape index (κ1) is 14.1. The predicted octanol–water partition coefficient (Wildman–Crippen LogP) is 2.57. The molecule has 4 nitrogen and oxygen atoms in total. The van der Waals surface area contributed by atoms with Crippen LogP contribution in [0.3, 0.4) is 0 Å². The van der Waals surface area contributed by atoms with Gasteiger partial charge in [-0.3, -0.25) is 9.58 Å². The Kier molecular flexibility index (Phi) is 4.41. The monoisotopic (exact) mass is 276 g/mol. The van der Waals surface area contributed by atoms with Crippen LogP contribution in [0.4, 0.5) is 0 Å². The molecule has 1 atom stereocenters. The van der Waals surface area contributed by atoms with Gasteiger partial charge < -0.3 is 5.32 Å². The Bertz CT molecular complexity index is 418. The van der Waals surface area contributed by atoms with Gasteiger partial charge in [-0.1, -0.05) is 12.8 Å². The first-order chi connectivity index (χ1) is 9.74. The highest BCUT2D eigenvalue weighted by molar-refractivity contribution is 5.00. The standard InChI is InChI=1S/C16H28N4/c1-13(19(2)15-7-8-15)11-17-12-14-9-10-20(18-14)16-5-3-4-6-16/h9-10,13,15-17H,3-8,11-12H2,1-2H3. The summed E-state index contributed by atoms with van der Waals surface area (Å²) in [6.45, 7) is 4.24. The van der Waals surface area contributed by atoms with Gasteiger partial charge in [0, 0.05) is 31.4 Å². The third-order valence-electron chi connectivity index (χ3n) is 4.93. The smallest absolute Gasteiger partial charge is 0.0762 e. The van der Waals surface area contributed by atoms with Crippen molar-refractivity contribution in [2.45, 2.75) is 70.1 Å². The molecule has 2 saturated carbocycles. The lowest BCUT2D eigenvalue weighted by Crippen LogP contribution is -2.39. The average Bonchev–Trinajstić information content (AvgIpc) is 2.96. The number of hydrogen-bond donors (Lipinski definition) is 1. The molecule has 3 rings (SSSR count). The maximum absolute atomic E-state index is 4.72. The van der Waals surface area contributed by atoms with Crippen molar-refractivity contribution in [3.05, 3.63) is 18.0 Å². The van der Waals surface area contributed by atoms with E-state index in [0.29, 0.717) is 12.1 Å². The van der Waals surface area contributed by atoms with Crippen LogP contribution >= 0.6 is 0 Å². The molecule has 1 aromatic rings. The summed E-state index contributed by atoms with van der Waals surface area (Å²) in [4.78, 5) is 2.50.